The van der Waals surface area contributed by atoms with Gasteiger partial charge in [0.05, 0.1) is 5.69 Å². The molecular formula is C13H13NO3S. The predicted molar refractivity (Wildman–Crippen MR) is 69.3 cm³/mol. The fraction of sp³-hybridized carbons (Fsp3) is 0.231. The second kappa shape index (κ2) is 5.18. The van der Waals surface area contributed by atoms with Gasteiger partial charge in [-0.3, -0.25) is 0 Å². The topological polar surface area (TPSA) is 59.4 Å². The number of aryl methyl sites for hydroxylation is 2. The summed E-state index contributed by atoms with van der Waals surface area (Å²) in [6, 6.07) is 5.97. The standard InChI is InChI=1S/C13H13NO3S/c1-8-3-4-9(2)11(5-8)17-6-10-7-18-12(14-10)13(15)16/h3-5,7H,6H2,1-2H3,(H,15,16). The largest absolute Gasteiger partial charge is 0.487 e. The van der Waals surface area contributed by atoms with Crippen LogP contribution in [-0.2, 0) is 6.61 Å². The van der Waals surface area contributed by atoms with Gasteiger partial charge in [-0.25, -0.2) is 9.78 Å². The number of benzene rings is 1. The van der Waals surface area contributed by atoms with Crippen LogP contribution >= 0.6 is 11.3 Å². The van der Waals surface area contributed by atoms with Gasteiger partial charge in [-0.1, -0.05) is 12.1 Å². The van der Waals surface area contributed by atoms with Crippen LogP contribution in [0.15, 0.2) is 23.6 Å². The lowest BCUT2D eigenvalue weighted by atomic mass is 10.1. The first-order chi connectivity index (χ1) is 8.56. The molecule has 0 unspecified atom stereocenters. The molecule has 0 fully saturated rings. The summed E-state index contributed by atoms with van der Waals surface area (Å²) in [5.41, 5.74) is 2.81. The van der Waals surface area contributed by atoms with Crippen molar-refractivity contribution in [2.75, 3.05) is 0 Å². The normalized spacial score (nSPS) is 10.3. The van der Waals surface area contributed by atoms with Crippen molar-refractivity contribution in [1.82, 2.24) is 4.98 Å². The number of rotatable bonds is 4. The highest BCUT2D eigenvalue weighted by Crippen LogP contribution is 2.20. The monoisotopic (exact) mass is 263 g/mol. The summed E-state index contributed by atoms with van der Waals surface area (Å²) in [6.45, 7) is 4.25. The summed E-state index contributed by atoms with van der Waals surface area (Å²) >= 11 is 1.11. The summed E-state index contributed by atoms with van der Waals surface area (Å²) in [6.07, 6.45) is 0. The lowest BCUT2D eigenvalue weighted by molar-refractivity contribution is 0.0696. The Balaban J connectivity index is 2.06. The molecule has 0 spiro atoms. The van der Waals surface area contributed by atoms with Crippen molar-refractivity contribution in [3.05, 3.63) is 45.4 Å². The molecule has 0 aliphatic rings. The Morgan fingerprint density at radius 2 is 2.22 bits per heavy atom. The number of hydrogen-bond acceptors (Lipinski definition) is 4. The highest BCUT2D eigenvalue weighted by molar-refractivity contribution is 7.11. The number of hydrogen-bond donors (Lipinski definition) is 1. The molecule has 0 bridgehead atoms. The van der Waals surface area contributed by atoms with E-state index in [9.17, 15) is 4.79 Å². The van der Waals surface area contributed by atoms with Crippen LogP contribution in [0.5, 0.6) is 5.75 Å². The minimum atomic E-state index is -1.00. The Hall–Kier alpha value is -1.88. The van der Waals surface area contributed by atoms with Gasteiger partial charge < -0.3 is 9.84 Å². The third kappa shape index (κ3) is 2.87. The SMILES string of the molecule is Cc1ccc(C)c(OCc2csc(C(=O)O)n2)c1. The first-order valence-corrected chi connectivity index (χ1v) is 6.32. The molecule has 2 rings (SSSR count). The molecule has 0 amide bonds. The number of ether oxygens (including phenoxy) is 1. The van der Waals surface area contributed by atoms with Gasteiger partial charge in [-0.15, -0.1) is 11.3 Å². The van der Waals surface area contributed by atoms with Gasteiger partial charge in [-0.2, -0.15) is 0 Å². The van der Waals surface area contributed by atoms with E-state index in [0.717, 1.165) is 28.2 Å². The van der Waals surface area contributed by atoms with Gasteiger partial charge in [0, 0.05) is 5.38 Å². The third-order valence-electron chi connectivity index (χ3n) is 2.45. The van der Waals surface area contributed by atoms with Crippen LogP contribution in [0.4, 0.5) is 0 Å². The van der Waals surface area contributed by atoms with Gasteiger partial charge in [0.15, 0.2) is 0 Å². The molecule has 0 saturated heterocycles. The fourth-order valence-corrected chi connectivity index (χ4v) is 2.13. The highest BCUT2D eigenvalue weighted by atomic mass is 32.1. The Morgan fingerprint density at radius 1 is 1.44 bits per heavy atom. The Bertz CT molecular complexity index is 577. The van der Waals surface area contributed by atoms with Gasteiger partial charge in [-0.05, 0) is 31.0 Å². The van der Waals surface area contributed by atoms with E-state index in [4.69, 9.17) is 9.84 Å². The van der Waals surface area contributed by atoms with Crippen LogP contribution in [-0.4, -0.2) is 16.1 Å². The molecule has 0 aliphatic heterocycles. The molecule has 18 heavy (non-hydrogen) atoms. The Kier molecular flexibility index (Phi) is 3.62. The maximum Gasteiger partial charge on any atom is 0.365 e. The fourth-order valence-electron chi connectivity index (χ4n) is 1.49. The average molecular weight is 263 g/mol. The van der Waals surface area contributed by atoms with Gasteiger partial charge >= 0.3 is 5.97 Å². The van der Waals surface area contributed by atoms with Crippen molar-refractivity contribution in [3.63, 3.8) is 0 Å². The molecule has 94 valence electrons. The van der Waals surface area contributed by atoms with Crippen molar-refractivity contribution >= 4 is 17.3 Å². The highest BCUT2D eigenvalue weighted by Gasteiger charge is 2.09. The number of aromatic carboxylic acids is 1. The van der Waals surface area contributed by atoms with Crippen molar-refractivity contribution in [2.24, 2.45) is 0 Å². The summed E-state index contributed by atoms with van der Waals surface area (Å²) < 4.78 is 5.65. The molecule has 1 aromatic carbocycles. The number of nitrogens with zero attached hydrogens (tertiary/aromatic N) is 1. The van der Waals surface area contributed by atoms with E-state index in [1.807, 2.05) is 32.0 Å². The molecule has 5 heteroatoms. The van der Waals surface area contributed by atoms with E-state index in [-0.39, 0.29) is 11.6 Å². The molecule has 0 radical (unpaired) electrons. The van der Waals surface area contributed by atoms with Crippen molar-refractivity contribution in [3.8, 4) is 5.75 Å². The average Bonchev–Trinajstić information content (AvgIpc) is 2.79. The van der Waals surface area contributed by atoms with Crippen molar-refractivity contribution in [1.29, 1.82) is 0 Å². The molecule has 4 nitrogen and oxygen atoms in total. The smallest absolute Gasteiger partial charge is 0.365 e. The zero-order valence-electron chi connectivity index (χ0n) is 10.1. The van der Waals surface area contributed by atoms with E-state index in [0.29, 0.717) is 5.69 Å². The number of carbonyl (C=O) groups is 1. The van der Waals surface area contributed by atoms with Crippen LogP contribution in [0.25, 0.3) is 0 Å². The number of thiazole rings is 1. The van der Waals surface area contributed by atoms with Crippen LogP contribution in [0.1, 0.15) is 26.6 Å². The first kappa shape index (κ1) is 12.6. The Labute approximate surface area is 109 Å². The van der Waals surface area contributed by atoms with Gasteiger partial charge in [0.1, 0.15) is 12.4 Å². The number of aromatic nitrogens is 1. The Morgan fingerprint density at radius 3 is 2.89 bits per heavy atom. The zero-order valence-corrected chi connectivity index (χ0v) is 11.0. The molecular weight excluding hydrogens is 250 g/mol. The van der Waals surface area contributed by atoms with Gasteiger partial charge in [0.25, 0.3) is 0 Å². The molecule has 0 saturated carbocycles. The molecule has 0 aliphatic carbocycles. The number of carboxylic acid groups (broad SMARTS) is 1. The van der Waals surface area contributed by atoms with Gasteiger partial charge in [0.2, 0.25) is 5.01 Å². The first-order valence-electron chi connectivity index (χ1n) is 5.44. The quantitative estimate of drug-likeness (QED) is 0.921. The molecule has 0 atom stereocenters. The molecule has 1 aromatic heterocycles. The maximum atomic E-state index is 10.7. The summed E-state index contributed by atoms with van der Waals surface area (Å²) in [5, 5.41) is 10.6. The van der Waals surface area contributed by atoms with E-state index < -0.39 is 5.97 Å². The lowest BCUT2D eigenvalue weighted by Gasteiger charge is -2.08. The number of carboxylic acids is 1. The molecule has 1 heterocycles. The summed E-state index contributed by atoms with van der Waals surface area (Å²) in [5.74, 6) is -0.196. The van der Waals surface area contributed by atoms with Crippen LogP contribution in [0, 0.1) is 13.8 Å². The zero-order chi connectivity index (χ0) is 13.1. The second-order valence-corrected chi connectivity index (χ2v) is 4.86. The van der Waals surface area contributed by atoms with E-state index in [1.54, 1.807) is 5.38 Å². The van der Waals surface area contributed by atoms with E-state index in [1.165, 1.54) is 0 Å². The van der Waals surface area contributed by atoms with Crippen LogP contribution < -0.4 is 4.74 Å². The van der Waals surface area contributed by atoms with E-state index in [2.05, 4.69) is 4.98 Å². The second-order valence-electron chi connectivity index (χ2n) is 4.01. The minimum Gasteiger partial charge on any atom is -0.487 e. The minimum absolute atomic E-state index is 0.0922. The van der Waals surface area contributed by atoms with Crippen LogP contribution in [0.3, 0.4) is 0 Å². The van der Waals surface area contributed by atoms with E-state index >= 15 is 0 Å². The summed E-state index contributed by atoms with van der Waals surface area (Å²) in [7, 11) is 0. The van der Waals surface area contributed by atoms with Crippen LogP contribution in [0.2, 0.25) is 0 Å². The lowest BCUT2D eigenvalue weighted by Crippen LogP contribution is -2.00. The summed E-state index contributed by atoms with van der Waals surface area (Å²) in [4.78, 5) is 14.7. The molecule has 1 N–H and O–H groups in total. The third-order valence-corrected chi connectivity index (χ3v) is 3.33. The maximum absolute atomic E-state index is 10.7. The molecule has 2 aromatic rings. The van der Waals surface area contributed by atoms with Crippen molar-refractivity contribution < 1.29 is 14.6 Å². The van der Waals surface area contributed by atoms with Crippen molar-refractivity contribution in [2.45, 2.75) is 20.5 Å². The predicted octanol–water partition coefficient (Wildman–Crippen LogP) is 3.04.